The van der Waals surface area contributed by atoms with Crippen LogP contribution in [0.2, 0.25) is 0 Å². The van der Waals surface area contributed by atoms with E-state index >= 15 is 0 Å². The van der Waals surface area contributed by atoms with E-state index in [1.165, 1.54) is 57.4 Å². The van der Waals surface area contributed by atoms with Crippen molar-refractivity contribution in [1.29, 1.82) is 0 Å². The maximum atomic E-state index is 14.2. The number of rotatable bonds is 17. The number of amides is 8. The first-order valence-electron chi connectivity index (χ1n) is 22.6. The second-order valence-corrected chi connectivity index (χ2v) is 19.5. The van der Waals surface area contributed by atoms with Gasteiger partial charge in [0, 0.05) is 43.9 Å². The van der Waals surface area contributed by atoms with E-state index in [9.17, 15) is 48.3 Å². The SMILES string of the molecule is CCN1CCN(C(=O)N[C@@H](C(=O)N[C@@H]2C(=O)N3C(C(=O)O)=C(CSc4nnnn4C)CS[C@H]23)c2ccc(NC(=O)OCC(NC(=O)OC(C)(C)C)C(=O)OC(c3ccccc3)c3ccccc3)cc2)C(=O)C1=O.[H-].[Na+]. The third-order valence-corrected chi connectivity index (χ3v) is 13.7. The molecule has 386 valence electrons. The fraction of sp³-hybridized carbons (Fsp3) is 0.362. The number of carbonyl (C=O) groups is 9. The van der Waals surface area contributed by atoms with Gasteiger partial charge in [-0.2, -0.15) is 0 Å². The number of fused-ring (bicyclic) bond motifs is 1. The summed E-state index contributed by atoms with van der Waals surface area (Å²) < 4.78 is 18.1. The van der Waals surface area contributed by atoms with E-state index < -0.39 is 95.6 Å². The van der Waals surface area contributed by atoms with Crippen LogP contribution in [0.4, 0.5) is 20.1 Å². The van der Waals surface area contributed by atoms with Crippen LogP contribution < -0.4 is 50.8 Å². The first-order chi connectivity index (χ1) is 34.8. The van der Waals surface area contributed by atoms with Crippen molar-refractivity contribution in [3.8, 4) is 0 Å². The molecule has 4 heterocycles. The van der Waals surface area contributed by atoms with Gasteiger partial charge in [-0.15, -0.1) is 16.9 Å². The molecule has 0 radical (unpaired) electrons. The Balaban J connectivity index is 0.00000520. The summed E-state index contributed by atoms with van der Waals surface area (Å²) in [5.74, 6) is -5.64. The number of imide groups is 1. The van der Waals surface area contributed by atoms with Crippen molar-refractivity contribution < 1.29 is 93.5 Å². The van der Waals surface area contributed by atoms with Crippen LogP contribution in [0.25, 0.3) is 0 Å². The van der Waals surface area contributed by atoms with Crippen molar-refractivity contribution in [2.45, 2.75) is 68.1 Å². The van der Waals surface area contributed by atoms with Crippen LogP contribution in [0.15, 0.2) is 101 Å². The van der Waals surface area contributed by atoms with Gasteiger partial charge < -0.3 is 41.6 Å². The number of ether oxygens (including phenoxy) is 3. The van der Waals surface area contributed by atoms with Gasteiger partial charge >= 0.3 is 71.5 Å². The molecule has 7 rings (SSSR count). The summed E-state index contributed by atoms with van der Waals surface area (Å²) in [7, 11) is 1.62. The summed E-state index contributed by atoms with van der Waals surface area (Å²) in [5, 5.41) is 31.1. The average Bonchev–Trinajstić information content (AvgIpc) is 3.78. The minimum absolute atomic E-state index is 0. The largest absolute Gasteiger partial charge is 1.00 e. The Morgan fingerprint density at radius 3 is 2.11 bits per heavy atom. The van der Waals surface area contributed by atoms with Gasteiger partial charge in [-0.25, -0.2) is 28.7 Å². The van der Waals surface area contributed by atoms with Crippen LogP contribution >= 0.6 is 23.5 Å². The molecular weight excluding hydrogens is 1010 g/mol. The third-order valence-electron chi connectivity index (χ3n) is 11.3. The number of esters is 1. The van der Waals surface area contributed by atoms with Gasteiger partial charge in [-0.3, -0.25) is 34.3 Å². The Morgan fingerprint density at radius 1 is 0.878 bits per heavy atom. The fourth-order valence-corrected chi connectivity index (χ4v) is 10.0. The molecule has 2 saturated heterocycles. The number of carboxylic acids is 1. The minimum Gasteiger partial charge on any atom is -1.00 e. The van der Waals surface area contributed by atoms with E-state index in [-0.39, 0.29) is 79.1 Å². The molecule has 0 saturated carbocycles. The number of aromatic nitrogens is 4. The molecule has 0 bridgehead atoms. The Bertz CT molecular complexity index is 2770. The number of hydrogen-bond acceptors (Lipinski definition) is 17. The molecule has 24 nitrogen and oxygen atoms in total. The molecule has 3 aliphatic rings. The Labute approximate surface area is 455 Å². The number of nitrogens with zero attached hydrogens (tertiary/aromatic N) is 7. The predicted octanol–water partition coefficient (Wildman–Crippen LogP) is 0.0735. The Morgan fingerprint density at radius 2 is 1.53 bits per heavy atom. The molecule has 0 aliphatic carbocycles. The third kappa shape index (κ3) is 13.6. The molecule has 3 aliphatic heterocycles. The second-order valence-electron chi connectivity index (χ2n) is 17.4. The number of hydrogen-bond donors (Lipinski definition) is 5. The van der Waals surface area contributed by atoms with Gasteiger partial charge in [0.25, 0.3) is 5.91 Å². The minimum atomic E-state index is -1.61. The standard InChI is InChI=1S/C47H51N11O13S2.Na.H/c1-6-56-21-22-57(39(62)38(56)61)43(66)51-32(36(59)50-33-37(60)58-34(41(63)64)29(24-72-40(33)58)25-73-44-52-53-54-55(44)5)26-17-19-30(20-18-26)48-45(67)69-23-31(49-46(68)71-47(2,3)4)42(65)70-35(27-13-9-7-10-14-27)28-15-11-8-12-16-28;;/h7-20,31-33,35,40H,6,21-25H2,1-5H3,(H,48,67)(H,49,68)(H,50,59)(H,51,66)(H,63,64);;/q;+1;-1/t31?,32-,33-,40-;;/m1../s1. The molecular formula is C47H52N11NaO13S2. The zero-order chi connectivity index (χ0) is 52.6. The number of aryl methyl sites for hydroxylation is 1. The van der Waals surface area contributed by atoms with Crippen LogP contribution in [0.5, 0.6) is 0 Å². The smallest absolute Gasteiger partial charge is 1.00 e. The number of likely N-dealkylation sites (N-methyl/N-ethyl adjacent to an activating group) is 1. The number of benzene rings is 3. The molecule has 8 amide bonds. The Hall–Kier alpha value is -7.00. The van der Waals surface area contributed by atoms with Crippen molar-refractivity contribution in [1.82, 2.24) is 50.9 Å². The number of aliphatic carboxylic acids is 1. The molecule has 4 atom stereocenters. The van der Waals surface area contributed by atoms with Crippen molar-refractivity contribution in [2.24, 2.45) is 7.05 Å². The van der Waals surface area contributed by atoms with Crippen LogP contribution in [0.1, 0.15) is 58.0 Å². The monoisotopic (exact) mass is 1070 g/mol. The number of tetrazole rings is 1. The normalized spacial score (nSPS) is 17.2. The summed E-state index contributed by atoms with van der Waals surface area (Å²) in [6.07, 6.45) is -2.95. The molecule has 5 N–H and O–H groups in total. The van der Waals surface area contributed by atoms with E-state index in [1.807, 2.05) is 0 Å². The van der Waals surface area contributed by atoms with Crippen LogP contribution in [0.3, 0.4) is 0 Å². The maximum absolute atomic E-state index is 14.2. The van der Waals surface area contributed by atoms with Gasteiger partial charge in [0.15, 0.2) is 12.1 Å². The summed E-state index contributed by atoms with van der Waals surface area (Å²) >= 11 is 2.40. The van der Waals surface area contributed by atoms with Gasteiger partial charge in [0.2, 0.25) is 11.1 Å². The number of alkyl carbamates (subject to hydrolysis) is 1. The number of piperazine rings is 1. The van der Waals surface area contributed by atoms with Gasteiger partial charge in [-0.05, 0) is 72.5 Å². The summed E-state index contributed by atoms with van der Waals surface area (Å²) in [6, 6.07) is 17.7. The van der Waals surface area contributed by atoms with E-state index in [0.717, 1.165) is 4.90 Å². The number of carbonyl (C=O) groups excluding carboxylic acids is 8. The molecule has 1 aromatic heterocycles. The van der Waals surface area contributed by atoms with Crippen molar-refractivity contribution >= 4 is 83.0 Å². The van der Waals surface area contributed by atoms with E-state index in [0.29, 0.717) is 26.8 Å². The molecule has 1 unspecified atom stereocenters. The first kappa shape index (κ1) is 56.3. The van der Waals surface area contributed by atoms with Crippen LogP contribution in [-0.2, 0) is 50.0 Å². The number of nitrogens with one attached hydrogen (secondary N) is 4. The van der Waals surface area contributed by atoms with Crippen molar-refractivity contribution in [3.05, 3.63) is 113 Å². The number of urea groups is 1. The summed E-state index contributed by atoms with van der Waals surface area (Å²) in [4.78, 5) is 123. The predicted molar refractivity (Wildman–Crippen MR) is 261 cm³/mol. The number of carboxylic acid groups (broad SMARTS) is 1. The topological polar surface area (TPSA) is 303 Å². The van der Waals surface area contributed by atoms with Crippen LogP contribution in [-0.4, -0.2) is 155 Å². The molecule has 3 aromatic carbocycles. The summed E-state index contributed by atoms with van der Waals surface area (Å²) in [5.41, 5.74) is 0.707. The molecule has 0 spiro atoms. The van der Waals surface area contributed by atoms with E-state index in [4.69, 9.17) is 14.2 Å². The number of anilines is 1. The zero-order valence-corrected chi connectivity index (χ0v) is 44.6. The van der Waals surface area contributed by atoms with Crippen molar-refractivity contribution in [3.63, 3.8) is 0 Å². The quantitative estimate of drug-likeness (QED) is 0.0233. The molecule has 27 heteroatoms. The fourth-order valence-electron chi connectivity index (χ4n) is 7.67. The van der Waals surface area contributed by atoms with Gasteiger partial charge in [0.1, 0.15) is 35.4 Å². The molecule has 74 heavy (non-hydrogen) atoms. The number of β-lactam (4-membered cyclic amide) rings is 1. The second kappa shape index (κ2) is 24.8. The average molecular weight is 1070 g/mol. The van der Waals surface area contributed by atoms with E-state index in [1.54, 1.807) is 95.4 Å². The summed E-state index contributed by atoms with van der Waals surface area (Å²) in [6.45, 7) is 5.94. The first-order valence-corrected chi connectivity index (χ1v) is 24.7. The Kier molecular flexibility index (Phi) is 18.9. The number of thioether (sulfide) groups is 2. The molecule has 4 aromatic rings. The molecule has 2 fully saturated rings. The maximum Gasteiger partial charge on any atom is 1.00 e. The van der Waals surface area contributed by atoms with Crippen molar-refractivity contribution in [2.75, 3.05) is 43.1 Å². The van der Waals surface area contributed by atoms with Crippen LogP contribution in [0, 0.1) is 0 Å². The van der Waals surface area contributed by atoms with Gasteiger partial charge in [-0.1, -0.05) is 84.6 Å². The zero-order valence-electron chi connectivity index (χ0n) is 42.0. The van der Waals surface area contributed by atoms with Gasteiger partial charge in [0.05, 0.1) is 0 Å². The van der Waals surface area contributed by atoms with E-state index in [2.05, 4.69) is 36.8 Å².